The van der Waals surface area contributed by atoms with Gasteiger partial charge in [-0.05, 0) is 75.1 Å². The molecule has 1 amide bonds. The van der Waals surface area contributed by atoms with Gasteiger partial charge in [0.15, 0.2) is 0 Å². The van der Waals surface area contributed by atoms with Gasteiger partial charge in [0.2, 0.25) is 5.91 Å². The van der Waals surface area contributed by atoms with Crippen molar-refractivity contribution in [3.8, 4) is 0 Å². The number of nitrogens with zero attached hydrogens (tertiary/aromatic N) is 1. The monoisotopic (exact) mass is 348 g/mol. The predicted molar refractivity (Wildman–Crippen MR) is 99.6 cm³/mol. The Labute approximate surface area is 151 Å². The summed E-state index contributed by atoms with van der Waals surface area (Å²) in [4.78, 5) is 15.6. The first-order valence-electron chi connectivity index (χ1n) is 9.27. The highest BCUT2D eigenvalue weighted by molar-refractivity contribution is 5.88. The van der Waals surface area contributed by atoms with Crippen molar-refractivity contribution >= 4 is 18.3 Å². The van der Waals surface area contributed by atoms with Crippen LogP contribution in [-0.4, -0.2) is 37.0 Å². The number of benzene rings is 1. The fourth-order valence-electron chi connectivity index (χ4n) is 5.04. The maximum absolute atomic E-state index is 13.4. The van der Waals surface area contributed by atoms with E-state index in [2.05, 4.69) is 41.4 Å². The number of hydrogen-bond donors (Lipinski definition) is 1. The van der Waals surface area contributed by atoms with E-state index in [-0.39, 0.29) is 17.8 Å². The maximum atomic E-state index is 13.4. The zero-order valence-corrected chi connectivity index (χ0v) is 15.4. The quantitative estimate of drug-likeness (QED) is 0.845. The van der Waals surface area contributed by atoms with Crippen molar-refractivity contribution in [2.45, 2.75) is 44.4 Å². The Morgan fingerprint density at radius 2 is 1.83 bits per heavy atom. The summed E-state index contributed by atoms with van der Waals surface area (Å²) < 4.78 is 0. The molecule has 132 valence electrons. The van der Waals surface area contributed by atoms with Gasteiger partial charge in [-0.15, -0.1) is 12.4 Å². The molecule has 2 heterocycles. The minimum Gasteiger partial charge on any atom is -0.342 e. The Kier molecular flexibility index (Phi) is 5.22. The average molecular weight is 349 g/mol. The van der Waals surface area contributed by atoms with Gasteiger partial charge in [0.25, 0.3) is 0 Å². The first-order valence-corrected chi connectivity index (χ1v) is 9.27. The van der Waals surface area contributed by atoms with E-state index >= 15 is 0 Å². The van der Waals surface area contributed by atoms with Crippen LogP contribution in [0.2, 0.25) is 0 Å². The fraction of sp³-hybridized carbons (Fsp3) is 0.650. The van der Waals surface area contributed by atoms with E-state index in [0.29, 0.717) is 5.91 Å². The number of amides is 1. The number of nitrogens with one attached hydrogen (secondary N) is 1. The molecule has 1 aromatic rings. The van der Waals surface area contributed by atoms with Crippen LogP contribution in [0.25, 0.3) is 0 Å². The molecule has 3 aliphatic rings. The van der Waals surface area contributed by atoms with Gasteiger partial charge >= 0.3 is 0 Å². The summed E-state index contributed by atoms with van der Waals surface area (Å²) in [6.45, 7) is 6.36. The van der Waals surface area contributed by atoms with Gasteiger partial charge < -0.3 is 10.2 Å². The second-order valence-electron chi connectivity index (χ2n) is 7.89. The van der Waals surface area contributed by atoms with E-state index in [9.17, 15) is 4.79 Å². The summed E-state index contributed by atoms with van der Waals surface area (Å²) in [6, 6.07) is 8.59. The van der Waals surface area contributed by atoms with Crippen molar-refractivity contribution in [1.82, 2.24) is 10.2 Å². The third-order valence-electron chi connectivity index (χ3n) is 6.51. The molecule has 24 heavy (non-hydrogen) atoms. The number of likely N-dealkylation sites (tertiary alicyclic amines) is 1. The summed E-state index contributed by atoms with van der Waals surface area (Å²) in [5.74, 6) is 1.93. The van der Waals surface area contributed by atoms with Gasteiger partial charge in [0.1, 0.15) is 0 Å². The highest BCUT2D eigenvalue weighted by Gasteiger charge is 2.42. The number of rotatable bonds is 1. The largest absolute Gasteiger partial charge is 0.342 e. The summed E-state index contributed by atoms with van der Waals surface area (Å²) in [5.41, 5.74) is 2.35. The average Bonchev–Trinajstić information content (AvgIpc) is 2.93. The Bertz CT molecular complexity index is 591. The molecule has 1 aliphatic carbocycles. The van der Waals surface area contributed by atoms with Crippen molar-refractivity contribution in [3.05, 3.63) is 35.4 Å². The molecule has 1 N–H and O–H groups in total. The number of hydrogen-bond acceptors (Lipinski definition) is 2. The van der Waals surface area contributed by atoms with Crippen LogP contribution >= 0.6 is 12.4 Å². The molecule has 1 unspecified atom stereocenters. The number of halogens is 1. The second-order valence-corrected chi connectivity index (χ2v) is 7.89. The molecular weight excluding hydrogens is 320 g/mol. The molecule has 0 aromatic heterocycles. The van der Waals surface area contributed by atoms with E-state index in [1.165, 1.54) is 24.0 Å². The molecular formula is C20H29ClN2O. The molecule has 2 saturated heterocycles. The smallest absolute Gasteiger partial charge is 0.232 e. The molecule has 2 aliphatic heterocycles. The Morgan fingerprint density at radius 3 is 2.54 bits per heavy atom. The summed E-state index contributed by atoms with van der Waals surface area (Å²) in [5, 5.41) is 3.52. The molecule has 2 fully saturated rings. The number of aryl methyl sites for hydroxylation is 1. The zero-order chi connectivity index (χ0) is 15.9. The highest BCUT2D eigenvalue weighted by atomic mass is 35.5. The van der Waals surface area contributed by atoms with Gasteiger partial charge in [-0.3, -0.25) is 4.79 Å². The molecule has 0 radical (unpaired) electrons. The van der Waals surface area contributed by atoms with Crippen molar-refractivity contribution < 1.29 is 4.79 Å². The lowest BCUT2D eigenvalue weighted by molar-refractivity contribution is -0.137. The number of carbonyl (C=O) groups is 1. The van der Waals surface area contributed by atoms with Gasteiger partial charge in [0, 0.05) is 13.1 Å². The SMILES string of the molecule is CC1(C(=O)N2CC[C@@H]3CNC[C@@H]3CC2)CCCc2ccccc21.Cl. The van der Waals surface area contributed by atoms with E-state index in [4.69, 9.17) is 0 Å². The van der Waals surface area contributed by atoms with Crippen LogP contribution in [0.4, 0.5) is 0 Å². The van der Waals surface area contributed by atoms with Crippen LogP contribution in [0.5, 0.6) is 0 Å². The lowest BCUT2D eigenvalue weighted by atomic mass is 9.70. The van der Waals surface area contributed by atoms with E-state index in [1.54, 1.807) is 0 Å². The molecule has 4 heteroatoms. The first-order chi connectivity index (χ1) is 11.2. The Hall–Kier alpha value is -1.06. The van der Waals surface area contributed by atoms with Crippen LogP contribution in [0, 0.1) is 11.8 Å². The first kappa shape index (κ1) is 17.8. The van der Waals surface area contributed by atoms with Crippen LogP contribution in [0.1, 0.15) is 43.7 Å². The standard InChI is InChI=1S/C20H28N2O.ClH/c1-20(10-4-6-15-5-2-3-7-18(15)20)19(23)22-11-8-16-13-21-14-17(16)9-12-22;/h2-3,5,7,16-17,21H,4,6,8-14H2,1H3;1H/t16-,17+,20?;. The van der Waals surface area contributed by atoms with Gasteiger partial charge in [-0.25, -0.2) is 0 Å². The number of fused-ring (bicyclic) bond motifs is 2. The maximum Gasteiger partial charge on any atom is 0.232 e. The minimum absolute atomic E-state index is 0. The molecule has 3 nitrogen and oxygen atoms in total. The molecule has 0 spiro atoms. The highest BCUT2D eigenvalue weighted by Crippen LogP contribution is 2.39. The van der Waals surface area contributed by atoms with Gasteiger partial charge in [0.05, 0.1) is 5.41 Å². The summed E-state index contributed by atoms with van der Waals surface area (Å²) in [6.07, 6.45) is 5.58. The molecule has 1 aromatic carbocycles. The topological polar surface area (TPSA) is 32.3 Å². The van der Waals surface area contributed by atoms with E-state index < -0.39 is 0 Å². The molecule has 0 bridgehead atoms. The lowest BCUT2D eigenvalue weighted by Crippen LogP contribution is -2.47. The zero-order valence-electron chi connectivity index (χ0n) is 14.6. The molecule has 0 saturated carbocycles. The van der Waals surface area contributed by atoms with Gasteiger partial charge in [-0.2, -0.15) is 0 Å². The molecule has 4 rings (SSSR count). The summed E-state index contributed by atoms with van der Waals surface area (Å²) in [7, 11) is 0. The van der Waals surface area contributed by atoms with Crippen molar-refractivity contribution in [2.75, 3.05) is 26.2 Å². The Balaban J connectivity index is 0.00000169. The van der Waals surface area contributed by atoms with Crippen LogP contribution in [-0.2, 0) is 16.6 Å². The van der Waals surface area contributed by atoms with Crippen molar-refractivity contribution in [2.24, 2.45) is 11.8 Å². The molecule has 3 atom stereocenters. The third-order valence-corrected chi connectivity index (χ3v) is 6.51. The van der Waals surface area contributed by atoms with Crippen LogP contribution in [0.15, 0.2) is 24.3 Å². The van der Waals surface area contributed by atoms with E-state index in [0.717, 1.165) is 57.3 Å². The fourth-order valence-corrected chi connectivity index (χ4v) is 5.04. The van der Waals surface area contributed by atoms with Gasteiger partial charge in [-0.1, -0.05) is 24.3 Å². The lowest BCUT2D eigenvalue weighted by Gasteiger charge is -2.38. The van der Waals surface area contributed by atoms with Crippen LogP contribution in [0.3, 0.4) is 0 Å². The predicted octanol–water partition coefficient (Wildman–Crippen LogP) is 3.16. The van der Waals surface area contributed by atoms with E-state index in [1.807, 2.05) is 0 Å². The third kappa shape index (κ3) is 2.97. The Morgan fingerprint density at radius 1 is 1.17 bits per heavy atom. The van der Waals surface area contributed by atoms with Crippen molar-refractivity contribution in [3.63, 3.8) is 0 Å². The van der Waals surface area contributed by atoms with Crippen molar-refractivity contribution in [1.29, 1.82) is 0 Å². The van der Waals surface area contributed by atoms with Crippen LogP contribution < -0.4 is 5.32 Å². The second kappa shape index (κ2) is 7.05. The minimum atomic E-state index is -0.313. The number of carbonyl (C=O) groups excluding carboxylic acids is 1. The summed E-state index contributed by atoms with van der Waals surface area (Å²) >= 11 is 0. The normalized spacial score (nSPS) is 32.3.